The number of carbonyl (C=O) groups is 6. The second-order valence-corrected chi connectivity index (χ2v) is 12.6. The van der Waals surface area contributed by atoms with Crippen LogP contribution in [-0.2, 0) is 38.2 Å². The predicted octanol–water partition coefficient (Wildman–Crippen LogP) is 3.30. The summed E-state index contributed by atoms with van der Waals surface area (Å²) in [7, 11) is 0. The van der Waals surface area contributed by atoms with Crippen LogP contribution in [0.4, 0.5) is 0 Å². The zero-order chi connectivity index (χ0) is 29.5. The Labute approximate surface area is 234 Å². The lowest BCUT2D eigenvalue weighted by atomic mass is 9.46. The highest BCUT2D eigenvalue weighted by Crippen LogP contribution is 2.68. The van der Waals surface area contributed by atoms with Crippen LogP contribution in [0.25, 0.3) is 0 Å². The topological polar surface area (TPSA) is 153 Å². The van der Waals surface area contributed by atoms with Gasteiger partial charge in [0.05, 0.1) is 6.42 Å². The van der Waals surface area contributed by atoms with E-state index in [1.54, 1.807) is 0 Å². The Hall–Kier alpha value is -3.04. The Morgan fingerprint density at radius 3 is 2.40 bits per heavy atom. The minimum Gasteiger partial charge on any atom is -0.480 e. The van der Waals surface area contributed by atoms with Crippen molar-refractivity contribution in [2.24, 2.45) is 28.6 Å². The fourth-order valence-electron chi connectivity index (χ4n) is 8.41. The monoisotopic (exact) mass is 559 g/mol. The minimum atomic E-state index is -1.40. The van der Waals surface area contributed by atoms with Gasteiger partial charge in [0.15, 0.2) is 18.0 Å². The SMILES string of the molecule is CC(=O)O[C@]1(C(=O)COC(=O)CCC(=O)N[C@H](C)C(=O)O)CC[C@@H]2[C@@H]3CCC4=CC(=O)CC[C@]4(C)[C@H]3CC[C@@]21C. The van der Waals surface area contributed by atoms with E-state index in [-0.39, 0.29) is 30.0 Å². The summed E-state index contributed by atoms with van der Waals surface area (Å²) in [6.45, 7) is 6.36. The number of hydrogen-bond acceptors (Lipinski definition) is 8. The number of carboxylic acids is 1. The lowest BCUT2D eigenvalue weighted by molar-refractivity contribution is -0.191. The third-order valence-corrected chi connectivity index (χ3v) is 10.5. The number of carboxylic acid groups (broad SMARTS) is 1. The van der Waals surface area contributed by atoms with Crippen molar-refractivity contribution in [2.75, 3.05) is 6.61 Å². The van der Waals surface area contributed by atoms with Gasteiger partial charge >= 0.3 is 17.9 Å². The first kappa shape index (κ1) is 29.9. The standard InChI is InChI=1S/C30H41NO9/c1-17(27(37)38)31-25(35)7-8-26(36)39-16-24(34)30(40-18(2)32)14-11-23-21-6-5-19-15-20(33)9-12-28(19,3)22(21)10-13-29(23,30)4/h15,17,21-23H,5-14,16H2,1-4H3,(H,31,35)(H,37,38)/t17-,21-,22+,23-,28+,29+,30+/m1/s1. The molecule has 0 heterocycles. The van der Waals surface area contributed by atoms with Gasteiger partial charge < -0.3 is 19.9 Å². The summed E-state index contributed by atoms with van der Waals surface area (Å²) in [6.07, 6.45) is 7.11. The van der Waals surface area contributed by atoms with Crippen molar-refractivity contribution >= 4 is 35.4 Å². The maximum atomic E-state index is 13.8. The Morgan fingerprint density at radius 1 is 1.02 bits per heavy atom. The second-order valence-electron chi connectivity index (χ2n) is 12.6. The van der Waals surface area contributed by atoms with Crippen LogP contribution in [0.15, 0.2) is 11.6 Å². The molecule has 0 aromatic carbocycles. The molecule has 2 N–H and O–H groups in total. The quantitative estimate of drug-likeness (QED) is 0.405. The summed E-state index contributed by atoms with van der Waals surface area (Å²) >= 11 is 0. The highest BCUT2D eigenvalue weighted by atomic mass is 16.6. The molecule has 4 rings (SSSR count). The molecule has 0 radical (unpaired) electrons. The van der Waals surface area contributed by atoms with Crippen molar-refractivity contribution in [3.63, 3.8) is 0 Å². The van der Waals surface area contributed by atoms with Crippen molar-refractivity contribution in [2.45, 2.75) is 104 Å². The van der Waals surface area contributed by atoms with Crippen LogP contribution in [0.1, 0.15) is 91.9 Å². The van der Waals surface area contributed by atoms with E-state index in [0.717, 1.165) is 32.1 Å². The number of carbonyl (C=O) groups excluding carboxylic acids is 5. The molecule has 1 amide bonds. The average molecular weight is 560 g/mol. The van der Waals surface area contributed by atoms with Gasteiger partial charge in [-0.3, -0.25) is 28.8 Å². The van der Waals surface area contributed by atoms with Gasteiger partial charge in [-0.05, 0) is 81.1 Å². The van der Waals surface area contributed by atoms with Gasteiger partial charge in [-0.2, -0.15) is 0 Å². The Bertz CT molecular complexity index is 1140. The molecule has 220 valence electrons. The number of nitrogens with one attached hydrogen (secondary N) is 1. The molecule has 0 saturated heterocycles. The maximum Gasteiger partial charge on any atom is 0.325 e. The van der Waals surface area contributed by atoms with Crippen molar-refractivity contribution in [3.8, 4) is 0 Å². The van der Waals surface area contributed by atoms with Crippen LogP contribution < -0.4 is 5.32 Å². The van der Waals surface area contributed by atoms with Crippen LogP contribution in [0.3, 0.4) is 0 Å². The van der Waals surface area contributed by atoms with Crippen LogP contribution >= 0.6 is 0 Å². The fraction of sp³-hybridized carbons (Fsp3) is 0.733. The molecular weight excluding hydrogens is 518 g/mol. The summed E-state index contributed by atoms with van der Waals surface area (Å²) in [4.78, 5) is 73.3. The Morgan fingerprint density at radius 2 is 1.73 bits per heavy atom. The molecule has 10 nitrogen and oxygen atoms in total. The zero-order valence-electron chi connectivity index (χ0n) is 23.9. The number of rotatable bonds is 9. The van der Waals surface area contributed by atoms with Gasteiger partial charge in [0.1, 0.15) is 6.04 Å². The molecular formula is C30H41NO9. The van der Waals surface area contributed by atoms with Gasteiger partial charge in [0, 0.05) is 25.2 Å². The average Bonchev–Trinajstić information content (AvgIpc) is 3.18. The molecule has 3 saturated carbocycles. The van der Waals surface area contributed by atoms with Gasteiger partial charge in [-0.1, -0.05) is 19.4 Å². The molecule has 0 aliphatic heterocycles. The van der Waals surface area contributed by atoms with E-state index >= 15 is 0 Å². The number of allylic oxidation sites excluding steroid dienone is 1. The van der Waals surface area contributed by atoms with Crippen LogP contribution in [-0.4, -0.2) is 58.7 Å². The van der Waals surface area contributed by atoms with Crippen molar-refractivity contribution < 1.29 is 43.3 Å². The molecule has 0 spiro atoms. The Balaban J connectivity index is 1.46. The van der Waals surface area contributed by atoms with E-state index in [4.69, 9.17) is 14.6 Å². The smallest absolute Gasteiger partial charge is 0.325 e. The molecule has 3 fully saturated rings. The number of fused-ring (bicyclic) bond motifs is 5. The molecule has 0 bridgehead atoms. The summed E-state index contributed by atoms with van der Waals surface area (Å²) in [6, 6.07) is -1.09. The second kappa shape index (κ2) is 11.1. The number of amides is 1. The summed E-state index contributed by atoms with van der Waals surface area (Å²) < 4.78 is 11.1. The zero-order valence-corrected chi connectivity index (χ0v) is 23.9. The van der Waals surface area contributed by atoms with Gasteiger partial charge in [0.2, 0.25) is 11.7 Å². The third kappa shape index (κ3) is 5.21. The normalized spacial score (nSPS) is 35.2. The molecule has 4 aliphatic carbocycles. The van der Waals surface area contributed by atoms with Gasteiger partial charge in [-0.15, -0.1) is 0 Å². The number of esters is 2. The lowest BCUT2D eigenvalue weighted by Crippen LogP contribution is -2.59. The van der Waals surface area contributed by atoms with Crippen LogP contribution in [0.2, 0.25) is 0 Å². The number of Topliss-reactive ketones (excluding diaryl/α,β-unsaturated/α-hetero) is 1. The van der Waals surface area contributed by atoms with E-state index in [1.165, 1.54) is 19.4 Å². The molecule has 4 aliphatic rings. The van der Waals surface area contributed by atoms with E-state index in [9.17, 15) is 28.8 Å². The van der Waals surface area contributed by atoms with E-state index in [1.807, 2.05) is 13.0 Å². The van der Waals surface area contributed by atoms with Crippen molar-refractivity contribution in [1.82, 2.24) is 5.32 Å². The molecule has 0 aromatic rings. The number of aliphatic carboxylic acids is 1. The molecule has 0 aromatic heterocycles. The van der Waals surface area contributed by atoms with E-state index < -0.39 is 53.3 Å². The van der Waals surface area contributed by atoms with Crippen LogP contribution in [0, 0.1) is 28.6 Å². The predicted molar refractivity (Wildman–Crippen MR) is 142 cm³/mol. The summed E-state index contributed by atoms with van der Waals surface area (Å²) in [5.74, 6) is -2.48. The Kier molecular flexibility index (Phi) is 8.30. The lowest BCUT2D eigenvalue weighted by Gasteiger charge is -2.59. The molecule has 0 unspecified atom stereocenters. The third-order valence-electron chi connectivity index (χ3n) is 10.5. The molecule has 7 atom stereocenters. The first-order valence-corrected chi connectivity index (χ1v) is 14.4. The van der Waals surface area contributed by atoms with E-state index in [2.05, 4.69) is 12.2 Å². The largest absolute Gasteiger partial charge is 0.480 e. The summed E-state index contributed by atoms with van der Waals surface area (Å²) in [5.41, 5.74) is -0.785. The highest BCUT2D eigenvalue weighted by molar-refractivity contribution is 5.94. The number of ketones is 2. The fourth-order valence-corrected chi connectivity index (χ4v) is 8.41. The number of hydrogen-bond donors (Lipinski definition) is 2. The van der Waals surface area contributed by atoms with E-state index in [0.29, 0.717) is 31.1 Å². The summed E-state index contributed by atoms with van der Waals surface area (Å²) in [5, 5.41) is 11.2. The van der Waals surface area contributed by atoms with Crippen LogP contribution in [0.5, 0.6) is 0 Å². The van der Waals surface area contributed by atoms with Gasteiger partial charge in [-0.25, -0.2) is 0 Å². The minimum absolute atomic E-state index is 0.0288. The highest BCUT2D eigenvalue weighted by Gasteiger charge is 2.68. The molecule has 10 heteroatoms. The number of ether oxygens (including phenoxy) is 2. The van der Waals surface area contributed by atoms with Crippen molar-refractivity contribution in [1.29, 1.82) is 0 Å². The maximum absolute atomic E-state index is 13.8. The van der Waals surface area contributed by atoms with Gasteiger partial charge in [0.25, 0.3) is 0 Å². The first-order valence-electron chi connectivity index (χ1n) is 14.4. The first-order chi connectivity index (χ1) is 18.7. The molecule has 40 heavy (non-hydrogen) atoms. The van der Waals surface area contributed by atoms with Crippen molar-refractivity contribution in [3.05, 3.63) is 11.6 Å².